The first kappa shape index (κ1) is 32.9. The van der Waals surface area contributed by atoms with E-state index in [2.05, 4.69) is 12.2 Å². The van der Waals surface area contributed by atoms with Gasteiger partial charge in [-0.15, -0.1) is 0 Å². The van der Waals surface area contributed by atoms with Crippen LogP contribution in [-0.4, -0.2) is 50.5 Å². The summed E-state index contributed by atoms with van der Waals surface area (Å²) >= 11 is 0. The van der Waals surface area contributed by atoms with Crippen molar-refractivity contribution in [2.45, 2.75) is 72.4 Å². The van der Waals surface area contributed by atoms with Gasteiger partial charge in [-0.3, -0.25) is 13.9 Å². The van der Waals surface area contributed by atoms with E-state index >= 15 is 0 Å². The summed E-state index contributed by atoms with van der Waals surface area (Å²) in [5.41, 5.74) is 5.52. The summed E-state index contributed by atoms with van der Waals surface area (Å²) in [6, 6.07) is 22.6. The first-order valence-corrected chi connectivity index (χ1v) is 16.6. The molecule has 0 bridgehead atoms. The van der Waals surface area contributed by atoms with Crippen molar-refractivity contribution >= 4 is 27.5 Å². The van der Waals surface area contributed by atoms with Crippen LogP contribution in [0.4, 0.5) is 5.69 Å². The predicted octanol–water partition coefficient (Wildman–Crippen LogP) is 5.71. The molecule has 0 unspecified atom stereocenters. The van der Waals surface area contributed by atoms with E-state index in [0.717, 1.165) is 40.7 Å². The second kappa shape index (κ2) is 15.5. The van der Waals surface area contributed by atoms with Crippen LogP contribution < -0.4 is 9.62 Å². The van der Waals surface area contributed by atoms with E-state index in [9.17, 15) is 18.0 Å². The van der Waals surface area contributed by atoms with Crippen LogP contribution in [0, 0.1) is 20.8 Å². The maximum Gasteiger partial charge on any atom is 0.243 e. The van der Waals surface area contributed by atoms with Crippen molar-refractivity contribution < 1.29 is 18.0 Å². The summed E-state index contributed by atoms with van der Waals surface area (Å²) in [5, 5.41) is 3.04. The second-order valence-corrected chi connectivity index (χ2v) is 12.9. The van der Waals surface area contributed by atoms with E-state index < -0.39 is 16.1 Å². The van der Waals surface area contributed by atoms with Gasteiger partial charge in [-0.05, 0) is 61.9 Å². The molecule has 0 aromatic heterocycles. The smallest absolute Gasteiger partial charge is 0.243 e. The number of carbonyl (C=O) groups excluding carboxylic acids is 2. The molecule has 3 rings (SSSR count). The van der Waals surface area contributed by atoms with Crippen molar-refractivity contribution in [2.24, 2.45) is 0 Å². The lowest BCUT2D eigenvalue weighted by atomic mass is 10.0. The van der Waals surface area contributed by atoms with Crippen LogP contribution in [-0.2, 0) is 32.6 Å². The molecule has 0 saturated heterocycles. The van der Waals surface area contributed by atoms with Gasteiger partial charge in [0.25, 0.3) is 0 Å². The standard InChI is InChI=1S/C34H45N3O4S/c1-6-7-22-35-34(39)32(24-29-14-9-8-10-15-29)36(25-30-20-18-26(2)19-21-30)33(38)17-12-23-37(42(5,40)41)31-16-11-13-27(3)28(31)4/h8-11,13-16,18-21,32H,6-7,12,17,22-25H2,1-5H3,(H,35,39)/t32-/m0/s1. The van der Waals surface area contributed by atoms with Crippen LogP contribution in [0.1, 0.15) is 60.4 Å². The highest BCUT2D eigenvalue weighted by atomic mass is 32.2. The molecule has 0 aliphatic rings. The lowest BCUT2D eigenvalue weighted by Gasteiger charge is -2.32. The van der Waals surface area contributed by atoms with E-state index in [4.69, 9.17) is 0 Å². The summed E-state index contributed by atoms with van der Waals surface area (Å²) in [5.74, 6) is -0.363. The maximum atomic E-state index is 13.9. The minimum absolute atomic E-state index is 0.107. The fourth-order valence-electron chi connectivity index (χ4n) is 4.94. The maximum absolute atomic E-state index is 13.9. The predicted molar refractivity (Wildman–Crippen MR) is 171 cm³/mol. The Morgan fingerprint density at radius 3 is 2.19 bits per heavy atom. The summed E-state index contributed by atoms with van der Waals surface area (Å²) in [4.78, 5) is 29.2. The number of hydrogen-bond donors (Lipinski definition) is 1. The first-order chi connectivity index (χ1) is 20.0. The molecule has 3 aromatic carbocycles. The summed E-state index contributed by atoms with van der Waals surface area (Å²) in [6.45, 7) is 8.93. The minimum atomic E-state index is -3.57. The molecule has 2 amide bonds. The topological polar surface area (TPSA) is 86.8 Å². The number of unbranched alkanes of at least 4 members (excludes halogenated alkanes) is 1. The number of anilines is 1. The van der Waals surface area contributed by atoms with Gasteiger partial charge in [-0.2, -0.15) is 0 Å². The summed E-state index contributed by atoms with van der Waals surface area (Å²) < 4.78 is 26.9. The molecular weight excluding hydrogens is 546 g/mol. The van der Waals surface area contributed by atoms with Crippen LogP contribution in [0.3, 0.4) is 0 Å². The van der Waals surface area contributed by atoms with E-state index in [1.165, 1.54) is 10.6 Å². The average molecular weight is 592 g/mol. The highest BCUT2D eigenvalue weighted by Crippen LogP contribution is 2.26. The number of aryl methyl sites for hydroxylation is 2. The van der Waals surface area contributed by atoms with Crippen molar-refractivity contribution in [1.29, 1.82) is 0 Å². The van der Waals surface area contributed by atoms with Gasteiger partial charge in [0, 0.05) is 32.5 Å². The molecule has 226 valence electrons. The van der Waals surface area contributed by atoms with E-state index in [-0.39, 0.29) is 31.3 Å². The molecular formula is C34H45N3O4S. The number of carbonyl (C=O) groups is 2. The van der Waals surface area contributed by atoms with Gasteiger partial charge in [0.15, 0.2) is 0 Å². The number of nitrogens with one attached hydrogen (secondary N) is 1. The van der Waals surface area contributed by atoms with E-state index in [1.807, 2.05) is 87.5 Å². The molecule has 0 fully saturated rings. The van der Waals surface area contributed by atoms with Gasteiger partial charge in [0.1, 0.15) is 6.04 Å². The molecule has 8 heteroatoms. The van der Waals surface area contributed by atoms with Gasteiger partial charge >= 0.3 is 0 Å². The number of sulfonamides is 1. The van der Waals surface area contributed by atoms with Crippen LogP contribution in [0.25, 0.3) is 0 Å². The SMILES string of the molecule is CCCCNC(=O)[C@H](Cc1ccccc1)N(Cc1ccc(C)cc1)C(=O)CCCN(c1cccc(C)c1C)S(C)(=O)=O. The molecule has 0 radical (unpaired) electrons. The van der Waals surface area contributed by atoms with Crippen molar-refractivity contribution in [3.8, 4) is 0 Å². The fraction of sp³-hybridized carbons (Fsp3) is 0.412. The van der Waals surface area contributed by atoms with Crippen LogP contribution in [0.5, 0.6) is 0 Å². The molecule has 0 aliphatic heterocycles. The molecule has 42 heavy (non-hydrogen) atoms. The van der Waals surface area contributed by atoms with Crippen LogP contribution >= 0.6 is 0 Å². The molecule has 0 saturated carbocycles. The molecule has 3 aromatic rings. The van der Waals surface area contributed by atoms with Gasteiger partial charge < -0.3 is 10.2 Å². The Balaban J connectivity index is 1.88. The van der Waals surface area contributed by atoms with Crippen molar-refractivity contribution in [3.05, 3.63) is 101 Å². The van der Waals surface area contributed by atoms with Crippen molar-refractivity contribution in [2.75, 3.05) is 23.7 Å². The Morgan fingerprint density at radius 1 is 0.857 bits per heavy atom. The molecule has 0 heterocycles. The lowest BCUT2D eigenvalue weighted by molar-refractivity contribution is -0.141. The highest BCUT2D eigenvalue weighted by Gasteiger charge is 2.30. The zero-order chi connectivity index (χ0) is 30.7. The minimum Gasteiger partial charge on any atom is -0.354 e. The van der Waals surface area contributed by atoms with Crippen molar-refractivity contribution in [3.63, 3.8) is 0 Å². The summed E-state index contributed by atoms with van der Waals surface area (Å²) in [7, 11) is -3.57. The Labute approximate surface area is 252 Å². The normalized spacial score (nSPS) is 12.0. The van der Waals surface area contributed by atoms with Crippen molar-refractivity contribution in [1.82, 2.24) is 10.2 Å². The highest BCUT2D eigenvalue weighted by molar-refractivity contribution is 7.92. The van der Waals surface area contributed by atoms with Gasteiger partial charge in [-0.25, -0.2) is 8.42 Å². The largest absolute Gasteiger partial charge is 0.354 e. The molecule has 0 aliphatic carbocycles. The van der Waals surface area contributed by atoms with E-state index in [1.54, 1.807) is 11.0 Å². The number of nitrogens with zero attached hydrogens (tertiary/aromatic N) is 2. The lowest BCUT2D eigenvalue weighted by Crippen LogP contribution is -2.50. The number of amides is 2. The molecule has 1 atom stereocenters. The quantitative estimate of drug-likeness (QED) is 0.229. The van der Waals surface area contributed by atoms with Gasteiger partial charge in [0.05, 0.1) is 11.9 Å². The Kier molecular flexibility index (Phi) is 12.2. The molecule has 1 N–H and O–H groups in total. The number of rotatable bonds is 15. The van der Waals surface area contributed by atoms with Gasteiger partial charge in [-0.1, -0.05) is 85.6 Å². The summed E-state index contributed by atoms with van der Waals surface area (Å²) in [6.07, 6.45) is 3.81. The Hall–Kier alpha value is -3.65. The van der Waals surface area contributed by atoms with Gasteiger partial charge in [0.2, 0.25) is 21.8 Å². The first-order valence-electron chi connectivity index (χ1n) is 14.7. The average Bonchev–Trinajstić information content (AvgIpc) is 2.95. The monoisotopic (exact) mass is 591 g/mol. The van der Waals surface area contributed by atoms with Crippen LogP contribution in [0.15, 0.2) is 72.8 Å². The third-order valence-electron chi connectivity index (χ3n) is 7.57. The third-order valence-corrected chi connectivity index (χ3v) is 8.75. The fourth-order valence-corrected chi connectivity index (χ4v) is 5.95. The zero-order valence-electron chi connectivity index (χ0n) is 25.6. The molecule has 7 nitrogen and oxygen atoms in total. The Morgan fingerprint density at radius 2 is 1.55 bits per heavy atom. The van der Waals surface area contributed by atoms with E-state index in [0.29, 0.717) is 25.1 Å². The molecule has 0 spiro atoms. The Bertz CT molecular complexity index is 1420. The number of hydrogen-bond acceptors (Lipinski definition) is 4. The zero-order valence-corrected chi connectivity index (χ0v) is 26.4. The number of benzene rings is 3. The van der Waals surface area contributed by atoms with Crippen LogP contribution in [0.2, 0.25) is 0 Å². The second-order valence-electron chi connectivity index (χ2n) is 11.0. The third kappa shape index (κ3) is 9.44.